The van der Waals surface area contributed by atoms with Crippen LogP contribution < -0.4 is 59.1 Å². The van der Waals surface area contributed by atoms with Crippen LogP contribution in [0.2, 0.25) is 0 Å². The average Bonchev–Trinajstić information content (AvgIpc) is 1.85. The van der Waals surface area contributed by atoms with Crippen molar-refractivity contribution in [2.75, 3.05) is 0 Å². The zero-order valence-corrected chi connectivity index (χ0v) is 13.4. The Kier molecular flexibility index (Phi) is 16.3. The van der Waals surface area contributed by atoms with Gasteiger partial charge in [0.2, 0.25) is 0 Å². The second kappa shape index (κ2) is 10.9. The van der Waals surface area contributed by atoms with E-state index in [0.717, 1.165) is 0 Å². The fourth-order valence-electron chi connectivity index (χ4n) is 0.415. The maximum absolute atomic E-state index is 11.9. The van der Waals surface area contributed by atoms with Gasteiger partial charge in [0.1, 0.15) is 5.82 Å². The van der Waals surface area contributed by atoms with Crippen molar-refractivity contribution in [1.29, 1.82) is 0 Å². The molecule has 0 bridgehead atoms. The van der Waals surface area contributed by atoms with Crippen LogP contribution in [-0.4, -0.2) is 13.3 Å². The molecule has 0 aliphatic carbocycles. The minimum absolute atomic E-state index is 0. The fraction of sp³-hybridized carbons (Fsp3) is 0. The molecule has 1 rings (SSSR count). The van der Waals surface area contributed by atoms with E-state index in [0.29, 0.717) is 0 Å². The van der Waals surface area contributed by atoms with Gasteiger partial charge < -0.3 is 9.11 Å². The van der Waals surface area contributed by atoms with E-state index >= 15 is 0 Å². The Morgan fingerprint density at radius 2 is 1.43 bits per heavy atom. The van der Waals surface area contributed by atoms with Crippen LogP contribution in [0.1, 0.15) is 0 Å². The molecule has 0 aliphatic rings. The van der Waals surface area contributed by atoms with E-state index in [4.69, 9.17) is 13.3 Å². The summed E-state index contributed by atoms with van der Waals surface area (Å²) in [5.41, 5.74) is 0. The van der Waals surface area contributed by atoms with Crippen LogP contribution >= 0.6 is 0 Å². The third-order valence-corrected chi connectivity index (χ3v) is 0.733. The molecule has 3 nitrogen and oxygen atoms in total. The van der Waals surface area contributed by atoms with Crippen molar-refractivity contribution in [3.63, 3.8) is 0 Å². The number of rotatable bonds is 0. The minimum Gasteiger partial charge on any atom is -0.780 e. The second-order valence-corrected chi connectivity index (χ2v) is 3.75. The first-order valence-corrected chi connectivity index (χ1v) is 5.10. The Morgan fingerprint density at radius 1 is 1.14 bits per heavy atom. The molecule has 68 valence electrons. The number of halogens is 1. The quantitative estimate of drug-likeness (QED) is 0.434. The summed E-state index contributed by atoms with van der Waals surface area (Å²) in [6, 6.07) is 7.94. The van der Waals surface area contributed by atoms with Crippen molar-refractivity contribution in [3.8, 4) is 0 Å². The van der Waals surface area contributed by atoms with Gasteiger partial charge in [-0.15, -0.1) is 9.05 Å². The van der Waals surface area contributed by atoms with Gasteiger partial charge in [-0.3, -0.25) is 4.21 Å². The molecule has 0 spiro atoms. The molecule has 0 heterocycles. The van der Waals surface area contributed by atoms with Crippen molar-refractivity contribution in [2.24, 2.45) is 0 Å². The van der Waals surface area contributed by atoms with E-state index in [9.17, 15) is 4.39 Å². The maximum Gasteiger partial charge on any atom is 1.00 e. The van der Waals surface area contributed by atoms with Crippen LogP contribution in [-0.2, 0) is 20.2 Å². The standard InChI is InChI=1S/C6H5F.2Na.H2O3S2/c7-6-4-2-1-3-5-6;;;1-5(2,3)4/h1-5H;;;(H2,1,2,3,4)/q;2*+1;/p-2. The zero-order valence-electron chi connectivity index (χ0n) is 7.81. The van der Waals surface area contributed by atoms with Crippen LogP contribution in [0, 0.1) is 5.82 Å². The van der Waals surface area contributed by atoms with Gasteiger partial charge in [0.05, 0.1) is 0 Å². The van der Waals surface area contributed by atoms with E-state index in [2.05, 4.69) is 11.2 Å². The van der Waals surface area contributed by atoms with Crippen LogP contribution in [0.25, 0.3) is 0 Å². The second-order valence-electron chi connectivity index (χ2n) is 1.70. The summed E-state index contributed by atoms with van der Waals surface area (Å²) in [7, 11) is -4.33. The van der Waals surface area contributed by atoms with Gasteiger partial charge in [-0.1, -0.05) is 18.2 Å². The van der Waals surface area contributed by atoms with E-state index in [1.54, 1.807) is 18.2 Å². The predicted molar refractivity (Wildman–Crippen MR) is 43.5 cm³/mol. The van der Waals surface area contributed by atoms with Crippen LogP contribution in [0.5, 0.6) is 0 Å². The smallest absolute Gasteiger partial charge is 0.780 e. The summed E-state index contributed by atoms with van der Waals surface area (Å²) >= 11 is 3.24. The van der Waals surface area contributed by atoms with E-state index in [1.807, 2.05) is 0 Å². The fourth-order valence-corrected chi connectivity index (χ4v) is 0.415. The van der Waals surface area contributed by atoms with Gasteiger partial charge in [0.25, 0.3) is 0 Å². The molecule has 1 aromatic rings. The van der Waals surface area contributed by atoms with E-state index in [-0.39, 0.29) is 64.9 Å². The Hall–Kier alpha value is 1.44. The molecule has 0 aliphatic heterocycles. The number of benzene rings is 1. The van der Waals surface area contributed by atoms with Gasteiger partial charge in [-0.2, -0.15) is 0 Å². The molecule has 0 fully saturated rings. The van der Waals surface area contributed by atoms with Crippen molar-refractivity contribution in [1.82, 2.24) is 0 Å². The molecule has 0 aromatic heterocycles. The number of hydrogen-bond donors (Lipinski definition) is 0. The van der Waals surface area contributed by atoms with Gasteiger partial charge in [0.15, 0.2) is 0 Å². The first-order valence-electron chi connectivity index (χ1n) is 2.77. The van der Waals surface area contributed by atoms with Gasteiger partial charge in [-0.05, 0) is 23.3 Å². The Labute approximate surface area is 131 Å². The Bertz CT molecular complexity index is 309. The van der Waals surface area contributed by atoms with Crippen molar-refractivity contribution in [2.45, 2.75) is 0 Å². The average molecular weight is 254 g/mol. The minimum atomic E-state index is -4.33. The first-order chi connectivity index (χ1) is 5.39. The summed E-state index contributed by atoms with van der Waals surface area (Å²) in [5, 5.41) is 0. The van der Waals surface area contributed by atoms with Gasteiger partial charge in [0, 0.05) is 0 Å². The zero-order chi connectivity index (χ0) is 9.61. The molecular weight excluding hydrogens is 249 g/mol. The molecule has 0 N–H and O–H groups in total. The van der Waals surface area contributed by atoms with Crippen molar-refractivity contribution in [3.05, 3.63) is 36.1 Å². The predicted octanol–water partition coefficient (Wildman–Crippen LogP) is -5.17. The summed E-state index contributed by atoms with van der Waals surface area (Å²) < 4.78 is 38.6. The largest absolute Gasteiger partial charge is 1.00 e. The molecule has 0 atom stereocenters. The SMILES string of the molecule is Fc1ccccc1.O=S([O-])([O-])=S.[Na+].[Na+]. The summed E-state index contributed by atoms with van der Waals surface area (Å²) in [6.07, 6.45) is 0. The third-order valence-electron chi connectivity index (χ3n) is 0.733. The van der Waals surface area contributed by atoms with E-state index in [1.165, 1.54) is 12.1 Å². The van der Waals surface area contributed by atoms with Crippen LogP contribution in [0.4, 0.5) is 4.39 Å². The Balaban J connectivity index is -0.000000159. The first kappa shape index (κ1) is 20.8. The maximum atomic E-state index is 11.9. The molecule has 0 amide bonds. The molecule has 0 saturated heterocycles. The molecule has 0 unspecified atom stereocenters. The summed E-state index contributed by atoms with van der Waals surface area (Å²) in [6.45, 7) is 0. The van der Waals surface area contributed by atoms with Crippen molar-refractivity contribution >= 4 is 20.2 Å². The molecule has 14 heavy (non-hydrogen) atoms. The van der Waals surface area contributed by atoms with E-state index < -0.39 is 9.05 Å². The third kappa shape index (κ3) is 23.3. The molecule has 0 saturated carbocycles. The monoisotopic (exact) mass is 254 g/mol. The number of hydrogen-bond acceptors (Lipinski definition) is 4. The van der Waals surface area contributed by atoms with Gasteiger partial charge in [-0.25, -0.2) is 4.39 Å². The van der Waals surface area contributed by atoms with Crippen LogP contribution in [0.3, 0.4) is 0 Å². The molecule has 8 heteroatoms. The Morgan fingerprint density at radius 3 is 1.57 bits per heavy atom. The molecule has 1 aromatic carbocycles. The summed E-state index contributed by atoms with van der Waals surface area (Å²) in [5.74, 6) is -0.178. The summed E-state index contributed by atoms with van der Waals surface area (Å²) in [4.78, 5) is 0. The topological polar surface area (TPSA) is 63.2 Å². The molecule has 0 radical (unpaired) electrons. The molecular formula is C6H5FNa2O3S2. The normalized spacial score (nSPS) is 8.50. The van der Waals surface area contributed by atoms with Crippen molar-refractivity contribution < 1.29 is 76.8 Å². The van der Waals surface area contributed by atoms with Gasteiger partial charge >= 0.3 is 59.1 Å². The van der Waals surface area contributed by atoms with Crippen LogP contribution in [0.15, 0.2) is 30.3 Å².